The number of alkyl halides is 2. The van der Waals surface area contributed by atoms with E-state index in [0.717, 1.165) is 31.5 Å². The average molecular weight is 660 g/mol. The molecular formula is C32H40ClF2N7O4. The van der Waals surface area contributed by atoms with Gasteiger partial charge < -0.3 is 20.5 Å². The van der Waals surface area contributed by atoms with E-state index in [0.29, 0.717) is 68.7 Å². The molecule has 1 amide bonds. The Morgan fingerprint density at radius 2 is 1.93 bits per heavy atom. The fourth-order valence-corrected chi connectivity index (χ4v) is 5.48. The van der Waals surface area contributed by atoms with Gasteiger partial charge in [0.1, 0.15) is 0 Å². The number of pyridine rings is 1. The van der Waals surface area contributed by atoms with Crippen molar-refractivity contribution in [2.24, 2.45) is 15.9 Å². The number of carboxylic acids is 1. The summed E-state index contributed by atoms with van der Waals surface area (Å²) in [6, 6.07) is 7.88. The first kappa shape index (κ1) is 34.9. The lowest BCUT2D eigenvalue weighted by Gasteiger charge is -2.32. The largest absolute Gasteiger partial charge is 0.481 e. The van der Waals surface area contributed by atoms with Gasteiger partial charge in [0, 0.05) is 68.4 Å². The SMILES string of the molecule is CC(=O)NCC1CCN(Cc2cc(OC3=C/N=C/NCCN(CCC(=O)O)CC/N=C\3)nc(-c3cc(Cl)cc(C(F)F)c3)c2)CC1. The molecule has 0 atom stereocenters. The van der Waals surface area contributed by atoms with Gasteiger partial charge in [-0.25, -0.2) is 18.8 Å². The maximum atomic E-state index is 13.6. The van der Waals surface area contributed by atoms with Crippen molar-refractivity contribution >= 4 is 36.0 Å². The number of amides is 1. The summed E-state index contributed by atoms with van der Waals surface area (Å²) < 4.78 is 33.4. The summed E-state index contributed by atoms with van der Waals surface area (Å²) in [5.74, 6) is 0.0770. The predicted octanol–water partition coefficient (Wildman–Crippen LogP) is 4.39. The molecule has 1 aromatic heterocycles. The first-order chi connectivity index (χ1) is 22.1. The number of nitrogens with zero attached hydrogens (tertiary/aromatic N) is 5. The Morgan fingerprint density at radius 3 is 2.67 bits per heavy atom. The molecule has 3 heterocycles. The van der Waals surface area contributed by atoms with Crippen molar-refractivity contribution in [1.82, 2.24) is 25.4 Å². The van der Waals surface area contributed by atoms with Crippen LogP contribution in [0.25, 0.3) is 11.3 Å². The molecule has 2 aliphatic rings. The smallest absolute Gasteiger partial charge is 0.304 e. The Bertz CT molecular complexity index is 1430. The highest BCUT2D eigenvalue weighted by Gasteiger charge is 2.21. The number of halogens is 3. The molecular weight excluding hydrogens is 620 g/mol. The van der Waals surface area contributed by atoms with Crippen LogP contribution in [0.15, 0.2) is 52.3 Å². The third-order valence-corrected chi connectivity index (χ3v) is 7.87. The van der Waals surface area contributed by atoms with E-state index in [9.17, 15) is 18.4 Å². The molecule has 2 aromatic rings. The third kappa shape index (κ3) is 11.8. The van der Waals surface area contributed by atoms with Crippen LogP contribution in [0.1, 0.15) is 43.7 Å². The fraction of sp³-hybridized carbons (Fsp3) is 0.469. The van der Waals surface area contributed by atoms with Gasteiger partial charge in [-0.2, -0.15) is 0 Å². The molecule has 1 fully saturated rings. The Balaban J connectivity index is 1.56. The van der Waals surface area contributed by atoms with Crippen molar-refractivity contribution in [3.05, 3.63) is 58.4 Å². The van der Waals surface area contributed by atoms with Crippen molar-refractivity contribution in [1.29, 1.82) is 0 Å². The topological polar surface area (TPSA) is 132 Å². The molecule has 0 radical (unpaired) electrons. The summed E-state index contributed by atoms with van der Waals surface area (Å²) in [4.78, 5) is 40.0. The number of ether oxygens (including phenoxy) is 1. The van der Waals surface area contributed by atoms with E-state index < -0.39 is 12.4 Å². The van der Waals surface area contributed by atoms with E-state index >= 15 is 0 Å². The molecule has 0 aliphatic carbocycles. The van der Waals surface area contributed by atoms with Crippen LogP contribution in [0.5, 0.6) is 5.88 Å². The number of likely N-dealkylation sites (tertiary alicyclic amines) is 1. The number of allylic oxidation sites excluding steroid dienone is 1. The minimum Gasteiger partial charge on any atom is -0.481 e. The first-order valence-electron chi connectivity index (χ1n) is 15.3. The highest BCUT2D eigenvalue weighted by Crippen LogP contribution is 2.31. The molecule has 3 N–H and O–H groups in total. The summed E-state index contributed by atoms with van der Waals surface area (Å²) in [5.41, 5.74) is 1.55. The molecule has 0 saturated carbocycles. The molecule has 14 heteroatoms. The predicted molar refractivity (Wildman–Crippen MR) is 174 cm³/mol. The van der Waals surface area contributed by atoms with E-state index in [1.807, 2.05) is 17.0 Å². The van der Waals surface area contributed by atoms with Gasteiger partial charge >= 0.3 is 5.97 Å². The molecule has 46 heavy (non-hydrogen) atoms. The zero-order valence-electron chi connectivity index (χ0n) is 25.8. The quantitative estimate of drug-likeness (QED) is 0.324. The number of aliphatic imine (C=N–C) groups is 2. The highest BCUT2D eigenvalue weighted by atomic mass is 35.5. The van der Waals surface area contributed by atoms with Crippen LogP contribution in [0.2, 0.25) is 5.02 Å². The van der Waals surface area contributed by atoms with Crippen molar-refractivity contribution < 1.29 is 28.2 Å². The van der Waals surface area contributed by atoms with Gasteiger partial charge in [0.2, 0.25) is 11.8 Å². The first-order valence-corrected chi connectivity index (χ1v) is 15.7. The van der Waals surface area contributed by atoms with Crippen molar-refractivity contribution in [3.8, 4) is 17.1 Å². The van der Waals surface area contributed by atoms with Crippen LogP contribution in [-0.2, 0) is 16.1 Å². The summed E-state index contributed by atoms with van der Waals surface area (Å²) in [6.45, 7) is 7.06. The van der Waals surface area contributed by atoms with Crippen molar-refractivity contribution in [3.63, 3.8) is 0 Å². The standard InChI is InChI=1S/C32H40ClF2N7O4/c1-22(43)39-17-23-2-7-42(8-3-23)20-24-12-29(25-14-26(32(34)35)16-27(33)15-25)40-30(13-24)46-28-18-36-5-10-41(9-4-31(44)45)11-6-37-21-38-19-28/h12-16,18-19,21,23,32H,2-11,17,20H2,1H3,(H,37,38)(H,39,43)(H,44,45)/b28-19+,36-18-. The molecule has 1 saturated heterocycles. The molecule has 0 spiro atoms. The number of nitrogens with one attached hydrogen (secondary N) is 2. The molecule has 0 bridgehead atoms. The molecule has 2 aliphatic heterocycles. The number of aliphatic carboxylic acids is 1. The number of aromatic nitrogens is 1. The molecule has 1 aromatic carbocycles. The average Bonchev–Trinajstić information content (AvgIpc) is 3.01. The van der Waals surface area contributed by atoms with Gasteiger partial charge in [0.05, 0.1) is 37.4 Å². The van der Waals surface area contributed by atoms with Crippen LogP contribution in [0.4, 0.5) is 8.78 Å². The Labute approximate surface area is 272 Å². The minimum atomic E-state index is -2.70. The highest BCUT2D eigenvalue weighted by molar-refractivity contribution is 6.31. The maximum absolute atomic E-state index is 13.6. The van der Waals surface area contributed by atoms with Gasteiger partial charge in [-0.1, -0.05) is 11.6 Å². The summed E-state index contributed by atoms with van der Waals surface area (Å²) in [7, 11) is 0. The lowest BCUT2D eigenvalue weighted by atomic mass is 9.96. The van der Waals surface area contributed by atoms with Crippen LogP contribution in [0.3, 0.4) is 0 Å². The zero-order chi connectivity index (χ0) is 32.9. The minimum absolute atomic E-state index is 0.0309. The lowest BCUT2D eigenvalue weighted by molar-refractivity contribution is -0.137. The summed E-state index contributed by atoms with van der Waals surface area (Å²) >= 11 is 6.22. The number of carboxylic acid groups (broad SMARTS) is 1. The Morgan fingerprint density at radius 1 is 1.13 bits per heavy atom. The van der Waals surface area contributed by atoms with Gasteiger partial charge in [-0.05, 0) is 61.7 Å². The Kier molecular flexibility index (Phi) is 13.4. The van der Waals surface area contributed by atoms with E-state index in [4.69, 9.17) is 21.4 Å². The van der Waals surface area contributed by atoms with Gasteiger partial charge in [0.25, 0.3) is 6.43 Å². The Hall–Kier alpha value is -3.94. The summed E-state index contributed by atoms with van der Waals surface area (Å²) in [6.07, 6.45) is 3.79. The van der Waals surface area contributed by atoms with Crippen molar-refractivity contribution in [2.75, 3.05) is 52.4 Å². The number of hydrogen-bond donors (Lipinski definition) is 3. The molecule has 4 rings (SSSR count). The van der Waals surface area contributed by atoms with Gasteiger partial charge in [-0.15, -0.1) is 0 Å². The van der Waals surface area contributed by atoms with E-state index in [2.05, 4.69) is 30.5 Å². The summed E-state index contributed by atoms with van der Waals surface area (Å²) in [5, 5.41) is 15.2. The van der Waals surface area contributed by atoms with Crippen LogP contribution in [0, 0.1) is 5.92 Å². The second-order valence-corrected chi connectivity index (χ2v) is 11.8. The van der Waals surface area contributed by atoms with E-state index in [-0.39, 0.29) is 28.8 Å². The normalized spacial score (nSPS) is 19.6. The second-order valence-electron chi connectivity index (χ2n) is 11.3. The number of carbonyl (C=O) groups is 2. The van der Waals surface area contributed by atoms with Gasteiger partial charge in [-0.3, -0.25) is 24.4 Å². The zero-order valence-corrected chi connectivity index (χ0v) is 26.6. The number of benzene rings is 1. The monoisotopic (exact) mass is 659 g/mol. The molecule has 0 unspecified atom stereocenters. The van der Waals surface area contributed by atoms with Crippen LogP contribution >= 0.6 is 11.6 Å². The number of hydrogen-bond acceptors (Lipinski definition) is 9. The third-order valence-electron chi connectivity index (χ3n) is 7.65. The van der Waals surface area contributed by atoms with E-state index in [1.165, 1.54) is 37.8 Å². The lowest BCUT2D eigenvalue weighted by Crippen LogP contribution is -2.37. The van der Waals surface area contributed by atoms with E-state index in [1.54, 1.807) is 6.07 Å². The van der Waals surface area contributed by atoms with Crippen LogP contribution < -0.4 is 15.4 Å². The van der Waals surface area contributed by atoms with Crippen LogP contribution in [-0.4, -0.2) is 96.7 Å². The molecule has 248 valence electrons. The second kappa shape index (κ2) is 17.7. The number of piperidine rings is 1. The number of rotatable bonds is 11. The molecule has 11 nitrogen and oxygen atoms in total. The number of carbonyl (C=O) groups excluding carboxylic acids is 1. The maximum Gasteiger partial charge on any atom is 0.304 e. The van der Waals surface area contributed by atoms with Gasteiger partial charge in [0.15, 0.2) is 5.76 Å². The van der Waals surface area contributed by atoms with Crippen molar-refractivity contribution in [2.45, 2.75) is 39.2 Å². The fourth-order valence-electron chi connectivity index (χ4n) is 5.23.